The third-order valence-electron chi connectivity index (χ3n) is 5.00. The molecule has 6 nitrogen and oxygen atoms in total. The van der Waals surface area contributed by atoms with Crippen LogP contribution in [0.3, 0.4) is 0 Å². The highest BCUT2D eigenvalue weighted by Gasteiger charge is 2.57. The van der Waals surface area contributed by atoms with Gasteiger partial charge in [0.15, 0.2) is 5.60 Å². The van der Waals surface area contributed by atoms with Crippen molar-refractivity contribution in [2.45, 2.75) is 44.9 Å². The van der Waals surface area contributed by atoms with Crippen molar-refractivity contribution in [2.24, 2.45) is 0 Å². The molecule has 2 unspecified atom stereocenters. The van der Waals surface area contributed by atoms with Crippen LogP contribution in [0.2, 0.25) is 0 Å². The van der Waals surface area contributed by atoms with Gasteiger partial charge in [-0.2, -0.15) is 5.26 Å². The first-order chi connectivity index (χ1) is 12.2. The third-order valence-corrected chi connectivity index (χ3v) is 5.00. The van der Waals surface area contributed by atoms with Crippen molar-refractivity contribution in [1.82, 2.24) is 4.57 Å². The van der Waals surface area contributed by atoms with Crippen LogP contribution in [0.1, 0.15) is 44.9 Å². The van der Waals surface area contributed by atoms with Crippen molar-refractivity contribution < 1.29 is 14.3 Å². The van der Waals surface area contributed by atoms with Crippen molar-refractivity contribution in [3.8, 4) is 11.8 Å². The number of nitrogens with zero attached hydrogens (tertiary/aromatic N) is 2. The normalized spacial score (nSPS) is 23.3. The van der Waals surface area contributed by atoms with Crippen LogP contribution in [-0.4, -0.2) is 21.7 Å². The van der Waals surface area contributed by atoms with Gasteiger partial charge >= 0.3 is 5.97 Å². The van der Waals surface area contributed by atoms with E-state index >= 15 is 0 Å². The molecule has 134 valence electrons. The fourth-order valence-electron chi connectivity index (χ4n) is 3.47. The molecule has 1 aliphatic heterocycles. The molecule has 0 saturated carbocycles. The molecule has 2 atom stereocenters. The number of fused-ring (bicyclic) bond motifs is 1. The van der Waals surface area contributed by atoms with E-state index in [0.29, 0.717) is 16.9 Å². The van der Waals surface area contributed by atoms with Gasteiger partial charge in [0.05, 0.1) is 11.6 Å². The Morgan fingerprint density at radius 2 is 2.00 bits per heavy atom. The highest BCUT2D eigenvalue weighted by atomic mass is 16.6. The molecule has 1 aromatic carbocycles. The average Bonchev–Trinajstić information content (AvgIpc) is 2.56. The number of rotatable bonds is 2. The van der Waals surface area contributed by atoms with E-state index in [2.05, 4.69) is 6.07 Å². The smallest absolute Gasteiger partial charge is 0.303 e. The second kappa shape index (κ2) is 6.03. The Morgan fingerprint density at radius 3 is 2.62 bits per heavy atom. The monoisotopic (exact) mass is 352 g/mol. The summed E-state index contributed by atoms with van der Waals surface area (Å²) in [6.45, 7) is 6.71. The summed E-state index contributed by atoms with van der Waals surface area (Å²) in [4.78, 5) is 24.5. The molecule has 3 rings (SSSR count). The van der Waals surface area contributed by atoms with Crippen LogP contribution < -0.4 is 10.3 Å². The summed E-state index contributed by atoms with van der Waals surface area (Å²) in [5.41, 5.74) is -1.27. The lowest BCUT2D eigenvalue weighted by atomic mass is 9.74. The van der Waals surface area contributed by atoms with Gasteiger partial charge in [-0.1, -0.05) is 6.07 Å². The molecular formula is C20H20N2O4. The molecule has 2 aromatic rings. The topological polar surface area (TPSA) is 81.3 Å². The summed E-state index contributed by atoms with van der Waals surface area (Å²) in [5, 5.41) is 9.28. The minimum Gasteiger partial charge on any atom is -0.483 e. The van der Waals surface area contributed by atoms with Crippen LogP contribution in [0.15, 0.2) is 47.4 Å². The molecule has 0 aliphatic carbocycles. The van der Waals surface area contributed by atoms with Crippen molar-refractivity contribution in [2.75, 3.05) is 0 Å². The van der Waals surface area contributed by atoms with Gasteiger partial charge in [0.2, 0.25) is 0 Å². The van der Waals surface area contributed by atoms with E-state index in [-0.39, 0.29) is 5.56 Å². The van der Waals surface area contributed by atoms with E-state index in [1.807, 2.05) is 13.8 Å². The molecule has 0 spiro atoms. The highest BCUT2D eigenvalue weighted by molar-refractivity contribution is 5.67. The minimum atomic E-state index is -1.18. The highest BCUT2D eigenvalue weighted by Crippen LogP contribution is 2.50. The van der Waals surface area contributed by atoms with Gasteiger partial charge in [-0.15, -0.1) is 0 Å². The molecule has 0 N–H and O–H groups in total. The average molecular weight is 352 g/mol. The van der Waals surface area contributed by atoms with E-state index in [1.165, 1.54) is 17.6 Å². The number of carbonyl (C=O) groups excluding carboxylic acids is 1. The first-order valence-corrected chi connectivity index (χ1v) is 8.29. The fraction of sp³-hybridized carbons (Fsp3) is 0.350. The van der Waals surface area contributed by atoms with E-state index < -0.39 is 23.2 Å². The van der Waals surface area contributed by atoms with Crippen LogP contribution in [0.25, 0.3) is 0 Å². The maximum atomic E-state index is 12.6. The number of ether oxygens (including phenoxy) is 2. The lowest BCUT2D eigenvalue weighted by Crippen LogP contribution is -2.62. The van der Waals surface area contributed by atoms with Crippen LogP contribution >= 0.6 is 0 Å². The number of hydrogen-bond donors (Lipinski definition) is 0. The number of aromatic nitrogens is 1. The zero-order valence-corrected chi connectivity index (χ0v) is 15.1. The first-order valence-electron chi connectivity index (χ1n) is 8.29. The number of hydrogen-bond acceptors (Lipinski definition) is 5. The number of esters is 1. The van der Waals surface area contributed by atoms with Gasteiger partial charge in [-0.25, -0.2) is 0 Å². The lowest BCUT2D eigenvalue weighted by Gasteiger charge is -2.51. The largest absolute Gasteiger partial charge is 0.483 e. The number of benzene rings is 1. The van der Waals surface area contributed by atoms with Crippen LogP contribution in [0, 0.1) is 11.3 Å². The number of nitriles is 1. The summed E-state index contributed by atoms with van der Waals surface area (Å²) in [6, 6.07) is 11.3. The molecule has 1 aromatic heterocycles. The molecule has 0 radical (unpaired) electrons. The minimum absolute atomic E-state index is 0.234. The molecular weight excluding hydrogens is 332 g/mol. The first kappa shape index (κ1) is 17.7. The predicted molar refractivity (Wildman–Crippen MR) is 94.9 cm³/mol. The molecule has 6 heteroatoms. The SMILES string of the molecule is CC(=O)OC1(C)C(n2ccccc2=O)c2cc(C#N)ccc2OC1(C)C. The van der Waals surface area contributed by atoms with Crippen LogP contribution in [0.4, 0.5) is 0 Å². The summed E-state index contributed by atoms with van der Waals surface area (Å²) < 4.78 is 13.4. The van der Waals surface area contributed by atoms with E-state index in [4.69, 9.17) is 9.47 Å². The van der Waals surface area contributed by atoms with Gasteiger partial charge in [0.1, 0.15) is 17.4 Å². The third kappa shape index (κ3) is 2.66. The van der Waals surface area contributed by atoms with Crippen LogP contribution in [-0.2, 0) is 9.53 Å². The summed E-state index contributed by atoms with van der Waals surface area (Å²) in [7, 11) is 0. The second-order valence-corrected chi connectivity index (χ2v) is 7.03. The molecule has 0 amide bonds. The molecule has 26 heavy (non-hydrogen) atoms. The quantitative estimate of drug-likeness (QED) is 0.776. The summed E-state index contributed by atoms with van der Waals surface area (Å²) >= 11 is 0. The number of carbonyl (C=O) groups is 1. The Labute approximate surface area is 151 Å². The molecule has 2 heterocycles. The van der Waals surface area contributed by atoms with Crippen LogP contribution in [0.5, 0.6) is 5.75 Å². The zero-order chi connectivity index (χ0) is 19.1. The predicted octanol–water partition coefficient (Wildman–Crippen LogP) is 2.80. The Bertz CT molecular complexity index is 970. The van der Waals surface area contributed by atoms with Crippen molar-refractivity contribution in [1.29, 1.82) is 5.26 Å². The van der Waals surface area contributed by atoms with Gasteiger partial charge in [-0.3, -0.25) is 9.59 Å². The van der Waals surface area contributed by atoms with Gasteiger partial charge < -0.3 is 14.0 Å². The van der Waals surface area contributed by atoms with E-state index in [1.54, 1.807) is 43.5 Å². The second-order valence-electron chi connectivity index (χ2n) is 7.03. The van der Waals surface area contributed by atoms with Gasteiger partial charge in [-0.05, 0) is 45.0 Å². The van der Waals surface area contributed by atoms with Crippen molar-refractivity contribution in [3.63, 3.8) is 0 Å². The molecule has 1 aliphatic rings. The van der Waals surface area contributed by atoms with E-state index in [9.17, 15) is 14.9 Å². The Hall–Kier alpha value is -3.07. The standard InChI is InChI=1S/C20H20N2O4/c1-13(23)25-20(4)18(22-10-6-5-7-17(22)24)15-11-14(12-21)8-9-16(15)26-19(20,2)3/h5-11,18H,1-4H3. The Kier molecular flexibility index (Phi) is 4.11. The summed E-state index contributed by atoms with van der Waals surface area (Å²) in [5.74, 6) is 0.0809. The number of pyridine rings is 1. The Morgan fingerprint density at radius 1 is 1.27 bits per heavy atom. The van der Waals surface area contributed by atoms with Gasteiger partial charge in [0.25, 0.3) is 5.56 Å². The zero-order valence-electron chi connectivity index (χ0n) is 15.1. The molecule has 0 fully saturated rings. The van der Waals surface area contributed by atoms with E-state index in [0.717, 1.165) is 0 Å². The maximum Gasteiger partial charge on any atom is 0.303 e. The lowest BCUT2D eigenvalue weighted by molar-refractivity contribution is -0.191. The fourth-order valence-corrected chi connectivity index (χ4v) is 3.47. The maximum absolute atomic E-state index is 12.6. The van der Waals surface area contributed by atoms with Crippen molar-refractivity contribution >= 4 is 5.97 Å². The van der Waals surface area contributed by atoms with Crippen molar-refractivity contribution in [3.05, 3.63) is 64.1 Å². The molecule has 0 bridgehead atoms. The van der Waals surface area contributed by atoms with Gasteiger partial charge in [0, 0.05) is 24.8 Å². The Balaban J connectivity index is 2.36. The molecule has 0 saturated heterocycles. The summed E-state index contributed by atoms with van der Waals surface area (Å²) in [6.07, 6.45) is 1.65.